The third-order valence-corrected chi connectivity index (χ3v) is 4.10. The van der Waals surface area contributed by atoms with Crippen molar-refractivity contribution in [3.05, 3.63) is 98.6 Å². The van der Waals surface area contributed by atoms with E-state index in [0.29, 0.717) is 21.9 Å². The van der Waals surface area contributed by atoms with E-state index in [1.165, 1.54) is 24.4 Å². The van der Waals surface area contributed by atoms with Crippen LogP contribution in [0, 0.1) is 21.4 Å². The van der Waals surface area contributed by atoms with Crippen LogP contribution in [0.5, 0.6) is 11.5 Å². The molecule has 148 valence electrons. The van der Waals surface area contributed by atoms with Gasteiger partial charge in [-0.15, -0.1) is 0 Å². The van der Waals surface area contributed by atoms with E-state index < -0.39 is 10.8 Å². The Kier molecular flexibility index (Phi) is 6.37. The van der Waals surface area contributed by atoms with E-state index in [1.54, 1.807) is 42.5 Å². The molecule has 1 amide bonds. The molecule has 3 rings (SSSR count). The number of carbonyl (C=O) groups excluding carboxylic acids is 1. The number of nitriles is 1. The number of ether oxygens (including phenoxy) is 1. The van der Waals surface area contributed by atoms with Gasteiger partial charge < -0.3 is 4.74 Å². The zero-order valence-electron chi connectivity index (χ0n) is 15.3. The van der Waals surface area contributed by atoms with Crippen LogP contribution in [0.4, 0.5) is 5.69 Å². The molecule has 0 bridgehead atoms. The van der Waals surface area contributed by atoms with Gasteiger partial charge in [0.25, 0.3) is 11.6 Å². The SMILES string of the molecule is N#Cc1cc([N+](=O)[O-])ccc1Oc1ccc(/C=N/NC(=O)c2cccc(Cl)c2)cc1. The molecular weight excluding hydrogens is 408 g/mol. The first kappa shape index (κ1) is 20.5. The van der Waals surface area contributed by atoms with E-state index >= 15 is 0 Å². The summed E-state index contributed by atoms with van der Waals surface area (Å²) < 4.78 is 5.63. The third kappa shape index (κ3) is 5.19. The highest BCUT2D eigenvalue weighted by atomic mass is 35.5. The highest BCUT2D eigenvalue weighted by molar-refractivity contribution is 6.30. The number of amides is 1. The summed E-state index contributed by atoms with van der Waals surface area (Å²) in [7, 11) is 0. The molecule has 3 aromatic carbocycles. The second kappa shape index (κ2) is 9.32. The van der Waals surface area contributed by atoms with Crippen LogP contribution in [0.1, 0.15) is 21.5 Å². The second-order valence-corrected chi connectivity index (χ2v) is 6.37. The Hall–Kier alpha value is -4.22. The first-order valence-electron chi connectivity index (χ1n) is 8.51. The molecular formula is C21H13ClN4O4. The molecule has 0 aliphatic carbocycles. The van der Waals surface area contributed by atoms with Crippen molar-refractivity contribution in [2.75, 3.05) is 0 Å². The number of halogens is 1. The molecule has 0 aliphatic heterocycles. The Morgan fingerprint density at radius 3 is 2.60 bits per heavy atom. The van der Waals surface area contributed by atoms with Crippen LogP contribution in [0.3, 0.4) is 0 Å². The van der Waals surface area contributed by atoms with Gasteiger partial charge in [-0.3, -0.25) is 14.9 Å². The van der Waals surface area contributed by atoms with E-state index in [-0.39, 0.29) is 17.0 Å². The molecule has 0 unspecified atom stereocenters. The Bertz CT molecular complexity index is 1170. The van der Waals surface area contributed by atoms with Gasteiger partial charge in [0, 0.05) is 22.7 Å². The topological polar surface area (TPSA) is 118 Å². The zero-order valence-corrected chi connectivity index (χ0v) is 16.0. The molecule has 1 N–H and O–H groups in total. The minimum atomic E-state index is -0.579. The van der Waals surface area contributed by atoms with Crippen molar-refractivity contribution in [3.63, 3.8) is 0 Å². The van der Waals surface area contributed by atoms with Crippen molar-refractivity contribution in [1.29, 1.82) is 5.26 Å². The smallest absolute Gasteiger partial charge is 0.271 e. The van der Waals surface area contributed by atoms with Gasteiger partial charge in [-0.25, -0.2) is 5.43 Å². The van der Waals surface area contributed by atoms with E-state index in [9.17, 15) is 20.2 Å². The normalized spacial score (nSPS) is 10.4. The molecule has 9 heteroatoms. The molecule has 0 fully saturated rings. The largest absolute Gasteiger partial charge is 0.456 e. The first-order chi connectivity index (χ1) is 14.5. The van der Waals surface area contributed by atoms with Crippen LogP contribution < -0.4 is 10.2 Å². The summed E-state index contributed by atoms with van der Waals surface area (Å²) in [4.78, 5) is 22.2. The number of hydrogen-bond donors (Lipinski definition) is 1. The molecule has 0 heterocycles. The molecule has 0 radical (unpaired) electrons. The summed E-state index contributed by atoms with van der Waals surface area (Å²) in [5, 5.41) is 24.3. The molecule has 30 heavy (non-hydrogen) atoms. The standard InChI is InChI=1S/C21H13ClN4O4/c22-17-3-1-2-15(10-17)21(27)25-24-13-14-4-7-19(8-5-14)30-20-9-6-18(26(28)29)11-16(20)12-23/h1-11,13H,(H,25,27)/b24-13+. The second-order valence-electron chi connectivity index (χ2n) is 5.93. The summed E-state index contributed by atoms with van der Waals surface area (Å²) >= 11 is 5.85. The van der Waals surface area contributed by atoms with Gasteiger partial charge in [-0.05, 0) is 54.1 Å². The highest BCUT2D eigenvalue weighted by Gasteiger charge is 2.12. The van der Waals surface area contributed by atoms with Crippen LogP contribution in [0.2, 0.25) is 5.02 Å². The number of nitrogens with one attached hydrogen (secondary N) is 1. The lowest BCUT2D eigenvalue weighted by atomic mass is 10.2. The maximum atomic E-state index is 12.0. The molecule has 0 aliphatic rings. The van der Waals surface area contributed by atoms with Gasteiger partial charge in [-0.2, -0.15) is 10.4 Å². The number of hydrogen-bond acceptors (Lipinski definition) is 6. The van der Waals surface area contributed by atoms with Gasteiger partial charge in [0.15, 0.2) is 0 Å². The predicted molar refractivity (Wildman–Crippen MR) is 111 cm³/mol. The number of nitro groups is 1. The molecule has 0 spiro atoms. The number of rotatable bonds is 6. The lowest BCUT2D eigenvalue weighted by Gasteiger charge is -2.07. The van der Waals surface area contributed by atoms with Crippen molar-refractivity contribution in [3.8, 4) is 17.6 Å². The van der Waals surface area contributed by atoms with Crippen LogP contribution in [0.15, 0.2) is 71.8 Å². The minimum absolute atomic E-state index is 0.0542. The van der Waals surface area contributed by atoms with E-state index in [0.717, 1.165) is 6.07 Å². The van der Waals surface area contributed by atoms with E-state index in [4.69, 9.17) is 16.3 Å². The van der Waals surface area contributed by atoms with E-state index in [2.05, 4.69) is 10.5 Å². The summed E-state index contributed by atoms with van der Waals surface area (Å²) in [6, 6.07) is 18.8. The number of hydrazone groups is 1. The molecule has 0 aromatic heterocycles. The Morgan fingerprint density at radius 2 is 1.93 bits per heavy atom. The summed E-state index contributed by atoms with van der Waals surface area (Å²) in [6.45, 7) is 0. The fraction of sp³-hybridized carbons (Fsp3) is 0. The van der Waals surface area contributed by atoms with Gasteiger partial charge in [0.2, 0.25) is 0 Å². The Labute approximate surface area is 176 Å². The number of non-ortho nitro benzene ring substituents is 1. The van der Waals surface area contributed by atoms with Gasteiger partial charge in [0.1, 0.15) is 23.1 Å². The quantitative estimate of drug-likeness (QED) is 0.353. The number of nitro benzene ring substituents is 1. The van der Waals surface area contributed by atoms with Gasteiger partial charge >= 0.3 is 0 Å². The number of carbonyl (C=O) groups is 1. The Balaban J connectivity index is 1.64. The summed E-state index contributed by atoms with van der Waals surface area (Å²) in [5.41, 5.74) is 3.35. The lowest BCUT2D eigenvalue weighted by Crippen LogP contribution is -2.17. The molecule has 0 atom stereocenters. The highest BCUT2D eigenvalue weighted by Crippen LogP contribution is 2.28. The van der Waals surface area contributed by atoms with Crippen LogP contribution in [-0.2, 0) is 0 Å². The van der Waals surface area contributed by atoms with Crippen molar-refractivity contribution < 1.29 is 14.5 Å². The monoisotopic (exact) mass is 420 g/mol. The fourth-order valence-electron chi connectivity index (χ4n) is 2.42. The van der Waals surface area contributed by atoms with E-state index in [1.807, 2.05) is 6.07 Å². The number of benzene rings is 3. The summed E-state index contributed by atoms with van der Waals surface area (Å²) in [6.07, 6.45) is 1.46. The van der Waals surface area contributed by atoms with Crippen LogP contribution >= 0.6 is 11.6 Å². The van der Waals surface area contributed by atoms with Crippen LogP contribution in [-0.4, -0.2) is 17.0 Å². The van der Waals surface area contributed by atoms with Crippen LogP contribution in [0.25, 0.3) is 0 Å². The van der Waals surface area contributed by atoms with Gasteiger partial charge in [0.05, 0.1) is 11.1 Å². The predicted octanol–water partition coefficient (Wildman–Crippen LogP) is 4.68. The number of nitrogens with zero attached hydrogens (tertiary/aromatic N) is 3. The molecule has 3 aromatic rings. The Morgan fingerprint density at radius 1 is 1.17 bits per heavy atom. The minimum Gasteiger partial charge on any atom is -0.456 e. The molecule has 0 saturated carbocycles. The molecule has 8 nitrogen and oxygen atoms in total. The fourth-order valence-corrected chi connectivity index (χ4v) is 2.61. The summed E-state index contributed by atoms with van der Waals surface area (Å²) in [5.74, 6) is 0.245. The average Bonchev–Trinajstić information content (AvgIpc) is 2.75. The maximum Gasteiger partial charge on any atom is 0.271 e. The van der Waals surface area contributed by atoms with Crippen molar-refractivity contribution in [1.82, 2.24) is 5.43 Å². The average molecular weight is 421 g/mol. The van der Waals surface area contributed by atoms with Gasteiger partial charge in [-0.1, -0.05) is 17.7 Å². The first-order valence-corrected chi connectivity index (χ1v) is 8.89. The van der Waals surface area contributed by atoms with Crippen molar-refractivity contribution in [2.45, 2.75) is 0 Å². The van der Waals surface area contributed by atoms with Crippen molar-refractivity contribution in [2.24, 2.45) is 5.10 Å². The zero-order chi connectivity index (χ0) is 21.5. The third-order valence-electron chi connectivity index (χ3n) is 3.87. The lowest BCUT2D eigenvalue weighted by molar-refractivity contribution is -0.384. The molecule has 0 saturated heterocycles. The maximum absolute atomic E-state index is 12.0. The van der Waals surface area contributed by atoms with Crippen molar-refractivity contribution >= 4 is 29.4 Å².